The van der Waals surface area contributed by atoms with Crippen LogP contribution < -0.4 is 14.8 Å². The fourth-order valence-corrected chi connectivity index (χ4v) is 3.79. The molecule has 6 nitrogen and oxygen atoms in total. The van der Waals surface area contributed by atoms with Gasteiger partial charge in [-0.05, 0) is 61.7 Å². The van der Waals surface area contributed by atoms with Crippen molar-refractivity contribution < 1.29 is 17.9 Å². The number of anilines is 2. The molecule has 2 N–H and O–H groups in total. The van der Waals surface area contributed by atoms with Crippen molar-refractivity contribution in [2.45, 2.75) is 24.7 Å². The van der Waals surface area contributed by atoms with Crippen LogP contribution in [0, 0.1) is 12.8 Å². The van der Waals surface area contributed by atoms with Crippen LogP contribution in [0.25, 0.3) is 0 Å². The number of hydrogen-bond acceptors (Lipinski definition) is 4. The fourth-order valence-electron chi connectivity index (χ4n) is 2.51. The lowest BCUT2D eigenvalue weighted by molar-refractivity contribution is -0.117. The largest absolute Gasteiger partial charge is 0.497 e. The van der Waals surface area contributed by atoms with Crippen LogP contribution in [0.2, 0.25) is 0 Å². The summed E-state index contributed by atoms with van der Waals surface area (Å²) in [5.74, 6) is 0.662. The van der Waals surface area contributed by atoms with Gasteiger partial charge in [-0.3, -0.25) is 9.52 Å². The highest BCUT2D eigenvalue weighted by molar-refractivity contribution is 7.92. The molecule has 2 aromatic carbocycles. The number of hydrogen-bond donors (Lipinski definition) is 2. The van der Waals surface area contributed by atoms with Gasteiger partial charge in [-0.15, -0.1) is 0 Å². The Morgan fingerprint density at radius 1 is 1.12 bits per heavy atom. The molecule has 0 bridgehead atoms. The van der Waals surface area contributed by atoms with E-state index in [0.717, 1.165) is 12.8 Å². The summed E-state index contributed by atoms with van der Waals surface area (Å²) in [6.45, 7) is 1.71. The van der Waals surface area contributed by atoms with E-state index in [1.807, 2.05) is 0 Å². The van der Waals surface area contributed by atoms with Crippen LogP contribution in [0.3, 0.4) is 0 Å². The van der Waals surface area contributed by atoms with E-state index >= 15 is 0 Å². The first-order valence-corrected chi connectivity index (χ1v) is 9.46. The number of aryl methyl sites for hydroxylation is 1. The Morgan fingerprint density at radius 2 is 1.84 bits per heavy atom. The predicted molar refractivity (Wildman–Crippen MR) is 96.3 cm³/mol. The first kappa shape index (κ1) is 17.3. The van der Waals surface area contributed by atoms with E-state index in [9.17, 15) is 13.2 Å². The predicted octanol–water partition coefficient (Wildman–Crippen LogP) is 3.15. The van der Waals surface area contributed by atoms with Gasteiger partial charge in [-0.2, -0.15) is 0 Å². The van der Waals surface area contributed by atoms with E-state index < -0.39 is 10.0 Å². The maximum atomic E-state index is 12.6. The molecule has 0 unspecified atom stereocenters. The molecule has 0 saturated heterocycles. The molecule has 132 valence electrons. The molecule has 0 spiro atoms. The summed E-state index contributed by atoms with van der Waals surface area (Å²) >= 11 is 0. The molecule has 0 aliphatic heterocycles. The first-order chi connectivity index (χ1) is 11.9. The van der Waals surface area contributed by atoms with Crippen LogP contribution in [-0.4, -0.2) is 21.4 Å². The zero-order chi connectivity index (χ0) is 18.0. The number of carbonyl (C=O) groups is 1. The molecule has 2 aromatic rings. The Morgan fingerprint density at radius 3 is 2.48 bits per heavy atom. The van der Waals surface area contributed by atoms with Crippen LogP contribution in [0.4, 0.5) is 11.4 Å². The standard InChI is InChI=1S/C18H20N2O4S/c1-12-10-16(24-2)8-9-17(12)25(22,23)20-15-5-3-4-14(11-15)19-18(21)13-6-7-13/h3-5,8-11,13,20H,6-7H2,1-2H3,(H,19,21). The number of amides is 1. The van der Waals surface area contributed by atoms with Gasteiger partial charge < -0.3 is 10.1 Å². The highest BCUT2D eigenvalue weighted by Crippen LogP contribution is 2.30. The SMILES string of the molecule is COc1ccc(S(=O)(=O)Nc2cccc(NC(=O)C3CC3)c2)c(C)c1. The maximum Gasteiger partial charge on any atom is 0.262 e. The van der Waals surface area contributed by atoms with Gasteiger partial charge in [0, 0.05) is 11.6 Å². The zero-order valence-electron chi connectivity index (χ0n) is 14.1. The van der Waals surface area contributed by atoms with Crippen LogP contribution in [0.5, 0.6) is 5.75 Å². The monoisotopic (exact) mass is 360 g/mol. The number of sulfonamides is 1. The molecular formula is C18H20N2O4S. The quantitative estimate of drug-likeness (QED) is 0.829. The Hall–Kier alpha value is -2.54. The summed E-state index contributed by atoms with van der Waals surface area (Å²) in [5, 5.41) is 2.81. The number of carbonyl (C=O) groups excluding carboxylic acids is 1. The van der Waals surface area contributed by atoms with Gasteiger partial charge in [-0.25, -0.2) is 8.42 Å². The van der Waals surface area contributed by atoms with Gasteiger partial charge in [-0.1, -0.05) is 6.07 Å². The van der Waals surface area contributed by atoms with Gasteiger partial charge in [0.05, 0.1) is 17.7 Å². The van der Waals surface area contributed by atoms with Crippen molar-refractivity contribution >= 4 is 27.3 Å². The molecule has 1 fully saturated rings. The normalized spacial score (nSPS) is 14.0. The molecular weight excluding hydrogens is 340 g/mol. The molecule has 3 rings (SSSR count). The molecule has 1 aliphatic rings. The van der Waals surface area contributed by atoms with E-state index in [4.69, 9.17) is 4.74 Å². The molecule has 1 aliphatic carbocycles. The molecule has 0 heterocycles. The zero-order valence-corrected chi connectivity index (χ0v) is 14.9. The van der Waals surface area contributed by atoms with E-state index in [2.05, 4.69) is 10.0 Å². The second-order valence-electron chi connectivity index (χ2n) is 6.08. The number of rotatable bonds is 6. The van der Waals surface area contributed by atoms with E-state index in [1.54, 1.807) is 43.3 Å². The molecule has 0 aromatic heterocycles. The maximum absolute atomic E-state index is 12.6. The van der Waals surface area contributed by atoms with Gasteiger partial charge >= 0.3 is 0 Å². The Labute approximate surface area is 147 Å². The third-order valence-corrected chi connectivity index (χ3v) is 5.54. The molecule has 0 radical (unpaired) electrons. The second kappa shape index (κ2) is 6.76. The minimum Gasteiger partial charge on any atom is -0.497 e. The summed E-state index contributed by atoms with van der Waals surface area (Å²) < 4.78 is 32.9. The summed E-state index contributed by atoms with van der Waals surface area (Å²) in [6.07, 6.45) is 1.82. The smallest absolute Gasteiger partial charge is 0.262 e. The van der Waals surface area contributed by atoms with Crippen LogP contribution in [0.15, 0.2) is 47.4 Å². The van der Waals surface area contributed by atoms with Crippen molar-refractivity contribution in [3.8, 4) is 5.75 Å². The summed E-state index contributed by atoms with van der Waals surface area (Å²) in [5.41, 5.74) is 1.55. The fraction of sp³-hybridized carbons (Fsp3) is 0.278. The van der Waals surface area contributed by atoms with E-state index in [1.165, 1.54) is 13.2 Å². The Balaban J connectivity index is 1.79. The van der Waals surface area contributed by atoms with Gasteiger partial charge in [0.25, 0.3) is 10.0 Å². The average molecular weight is 360 g/mol. The Bertz CT molecular complexity index is 905. The van der Waals surface area contributed by atoms with Crippen molar-refractivity contribution in [2.75, 3.05) is 17.1 Å². The number of methoxy groups -OCH3 is 1. The molecule has 1 amide bonds. The van der Waals surface area contributed by atoms with Crippen LogP contribution >= 0.6 is 0 Å². The van der Waals surface area contributed by atoms with Gasteiger partial charge in [0.1, 0.15) is 5.75 Å². The van der Waals surface area contributed by atoms with Gasteiger partial charge in [0.15, 0.2) is 0 Å². The first-order valence-electron chi connectivity index (χ1n) is 7.97. The Kier molecular flexibility index (Phi) is 4.67. The highest BCUT2D eigenvalue weighted by atomic mass is 32.2. The van der Waals surface area contributed by atoms with E-state index in [-0.39, 0.29) is 16.7 Å². The second-order valence-corrected chi connectivity index (χ2v) is 7.73. The van der Waals surface area contributed by atoms with Crippen molar-refractivity contribution in [1.29, 1.82) is 0 Å². The number of benzene rings is 2. The van der Waals surface area contributed by atoms with Gasteiger partial charge in [0.2, 0.25) is 5.91 Å². The highest BCUT2D eigenvalue weighted by Gasteiger charge is 2.29. The summed E-state index contributed by atoms with van der Waals surface area (Å²) in [4.78, 5) is 12.0. The molecule has 1 saturated carbocycles. The lowest BCUT2D eigenvalue weighted by Crippen LogP contribution is -2.16. The van der Waals surface area contributed by atoms with E-state index in [0.29, 0.717) is 22.7 Å². The average Bonchev–Trinajstić information content (AvgIpc) is 3.39. The molecule has 7 heteroatoms. The lowest BCUT2D eigenvalue weighted by Gasteiger charge is -2.12. The molecule has 25 heavy (non-hydrogen) atoms. The van der Waals surface area contributed by atoms with Crippen molar-refractivity contribution in [1.82, 2.24) is 0 Å². The number of ether oxygens (including phenoxy) is 1. The van der Waals surface area contributed by atoms with Crippen molar-refractivity contribution in [3.05, 3.63) is 48.0 Å². The van der Waals surface area contributed by atoms with Crippen LogP contribution in [-0.2, 0) is 14.8 Å². The van der Waals surface area contributed by atoms with Crippen LogP contribution in [0.1, 0.15) is 18.4 Å². The number of nitrogens with one attached hydrogen (secondary N) is 2. The minimum absolute atomic E-state index is 0.0222. The summed E-state index contributed by atoms with van der Waals surface area (Å²) in [7, 11) is -2.21. The molecule has 0 atom stereocenters. The lowest BCUT2D eigenvalue weighted by atomic mass is 10.2. The third-order valence-electron chi connectivity index (χ3n) is 4.00. The minimum atomic E-state index is -3.74. The third kappa shape index (κ3) is 4.11. The topological polar surface area (TPSA) is 84.5 Å². The summed E-state index contributed by atoms with van der Waals surface area (Å²) in [6, 6.07) is 11.5. The van der Waals surface area contributed by atoms with Crippen molar-refractivity contribution in [3.63, 3.8) is 0 Å². The van der Waals surface area contributed by atoms with Crippen molar-refractivity contribution in [2.24, 2.45) is 5.92 Å².